The van der Waals surface area contributed by atoms with Crippen LogP contribution in [-0.2, 0) is 0 Å². The molecular formula is C23H19N3O5S. The highest BCUT2D eigenvalue weighted by molar-refractivity contribution is 7.15. The van der Waals surface area contributed by atoms with Gasteiger partial charge in [0.05, 0.1) is 11.6 Å². The number of aromatic nitrogens is 3. The van der Waals surface area contributed by atoms with Crippen LogP contribution in [0.15, 0.2) is 59.9 Å². The molecule has 0 amide bonds. The first kappa shape index (κ1) is 20.1. The van der Waals surface area contributed by atoms with E-state index in [1.54, 1.807) is 25.3 Å². The van der Waals surface area contributed by atoms with E-state index in [2.05, 4.69) is 16.7 Å². The van der Waals surface area contributed by atoms with Crippen molar-refractivity contribution in [1.82, 2.24) is 14.6 Å². The molecule has 1 aliphatic rings. The number of benzene rings is 2. The smallest absolute Gasteiger partial charge is 0.291 e. The van der Waals surface area contributed by atoms with Gasteiger partial charge >= 0.3 is 0 Å². The number of hydrogen-bond donors (Lipinski definition) is 0. The minimum atomic E-state index is -0.476. The lowest BCUT2D eigenvalue weighted by Gasteiger charge is -2.24. The molecule has 9 heteroatoms. The lowest BCUT2D eigenvalue weighted by Crippen LogP contribution is -2.26. The van der Waals surface area contributed by atoms with Crippen LogP contribution in [0.25, 0.3) is 11.0 Å². The van der Waals surface area contributed by atoms with E-state index >= 15 is 0 Å². The molecule has 1 atom stereocenters. The zero-order valence-corrected chi connectivity index (χ0v) is 18.0. The van der Waals surface area contributed by atoms with Crippen LogP contribution in [-0.4, -0.2) is 34.9 Å². The second-order valence-electron chi connectivity index (χ2n) is 6.95. The van der Waals surface area contributed by atoms with Crippen LogP contribution in [0.5, 0.6) is 23.0 Å². The van der Waals surface area contributed by atoms with Gasteiger partial charge in [0.1, 0.15) is 13.2 Å². The normalized spacial score (nSPS) is 15.7. The van der Waals surface area contributed by atoms with Gasteiger partial charge in [-0.3, -0.25) is 4.79 Å². The van der Waals surface area contributed by atoms with E-state index in [4.69, 9.17) is 18.9 Å². The average Bonchev–Trinajstić information content (AvgIpc) is 3.37. The van der Waals surface area contributed by atoms with Gasteiger partial charge in [-0.05, 0) is 35.9 Å². The van der Waals surface area contributed by atoms with Gasteiger partial charge in [-0.15, -0.1) is 5.10 Å². The molecular weight excluding hydrogens is 430 g/mol. The highest BCUT2D eigenvalue weighted by Gasteiger charge is 2.27. The minimum Gasteiger partial charge on any atom is -0.493 e. The van der Waals surface area contributed by atoms with Crippen LogP contribution in [0.2, 0.25) is 0 Å². The number of fused-ring (bicyclic) bond motifs is 2. The Balaban J connectivity index is 1.44. The maximum absolute atomic E-state index is 12.9. The molecule has 0 spiro atoms. The van der Waals surface area contributed by atoms with Crippen LogP contribution < -0.4 is 29.0 Å². The first-order valence-corrected chi connectivity index (χ1v) is 10.7. The fraction of sp³-hybridized carbons (Fsp3) is 0.174. The molecule has 8 nitrogen and oxygen atoms in total. The summed E-state index contributed by atoms with van der Waals surface area (Å²) in [6.07, 6.45) is 2.96. The molecule has 2 aromatic heterocycles. The van der Waals surface area contributed by atoms with Gasteiger partial charge in [0.15, 0.2) is 34.9 Å². The van der Waals surface area contributed by atoms with Gasteiger partial charge in [0.25, 0.3) is 5.56 Å². The Bertz CT molecular complexity index is 1410. The van der Waals surface area contributed by atoms with E-state index in [1.165, 1.54) is 15.9 Å². The molecule has 0 saturated heterocycles. The standard InChI is InChI=1S/C23H19N3O5S/c1-3-10-29-16-9-8-14(11-18(16)28-2)12-20-22(27)26-23(32-20)24-21(25-26)19-13-30-15-6-4-5-7-17(15)31-19/h3-9,11-12,19H,1,10,13H2,2H3/b20-12+. The van der Waals surface area contributed by atoms with Gasteiger partial charge in [0, 0.05) is 0 Å². The molecule has 2 aromatic carbocycles. The molecule has 0 aliphatic carbocycles. The quantitative estimate of drug-likeness (QED) is 0.419. The fourth-order valence-corrected chi connectivity index (χ4v) is 4.24. The zero-order valence-electron chi connectivity index (χ0n) is 17.2. The van der Waals surface area contributed by atoms with Crippen LogP contribution in [0.1, 0.15) is 17.5 Å². The summed E-state index contributed by atoms with van der Waals surface area (Å²) in [7, 11) is 1.57. The summed E-state index contributed by atoms with van der Waals surface area (Å²) in [5, 5.41) is 4.38. The highest BCUT2D eigenvalue weighted by Crippen LogP contribution is 2.35. The van der Waals surface area contributed by atoms with Gasteiger partial charge in [-0.1, -0.05) is 42.2 Å². The average molecular weight is 449 g/mol. The number of rotatable bonds is 6. The molecule has 0 saturated carbocycles. The monoisotopic (exact) mass is 449 g/mol. The SMILES string of the molecule is C=CCOc1ccc(/C=c2/sc3nc(C4COc5ccccc5O4)nn3c2=O)cc1OC. The zero-order chi connectivity index (χ0) is 22.1. The fourth-order valence-electron chi connectivity index (χ4n) is 3.33. The van der Waals surface area contributed by atoms with Crippen LogP contribution in [0.3, 0.4) is 0 Å². The number of thiazole rings is 1. The molecule has 162 valence electrons. The second-order valence-corrected chi connectivity index (χ2v) is 7.96. The van der Waals surface area contributed by atoms with Crippen molar-refractivity contribution in [1.29, 1.82) is 0 Å². The maximum Gasteiger partial charge on any atom is 0.291 e. The molecule has 4 aromatic rings. The predicted octanol–water partition coefficient (Wildman–Crippen LogP) is 2.78. The van der Waals surface area contributed by atoms with E-state index in [9.17, 15) is 4.79 Å². The van der Waals surface area contributed by atoms with Crippen LogP contribution in [0, 0.1) is 0 Å². The van der Waals surface area contributed by atoms with Crippen molar-refractivity contribution in [3.63, 3.8) is 0 Å². The molecule has 5 rings (SSSR count). The predicted molar refractivity (Wildman–Crippen MR) is 120 cm³/mol. The van der Waals surface area contributed by atoms with Crippen molar-refractivity contribution in [3.05, 3.63) is 81.4 Å². The third-order valence-corrected chi connectivity index (χ3v) is 5.80. The largest absolute Gasteiger partial charge is 0.493 e. The summed E-state index contributed by atoms with van der Waals surface area (Å²) in [5.74, 6) is 2.91. The van der Waals surface area contributed by atoms with Crippen molar-refractivity contribution in [3.8, 4) is 23.0 Å². The Hall–Kier alpha value is -3.85. The first-order valence-electron chi connectivity index (χ1n) is 9.87. The third kappa shape index (κ3) is 3.67. The summed E-state index contributed by atoms with van der Waals surface area (Å²) < 4.78 is 24.5. The maximum atomic E-state index is 12.9. The number of nitrogens with zero attached hydrogens (tertiary/aromatic N) is 3. The van der Waals surface area contributed by atoms with E-state index in [1.807, 2.05) is 36.4 Å². The van der Waals surface area contributed by atoms with Gasteiger partial charge in [0.2, 0.25) is 4.96 Å². The van der Waals surface area contributed by atoms with Gasteiger partial charge in [-0.25, -0.2) is 0 Å². The Morgan fingerprint density at radius 1 is 1.25 bits per heavy atom. The highest BCUT2D eigenvalue weighted by atomic mass is 32.1. The first-order chi connectivity index (χ1) is 15.7. The summed E-state index contributed by atoms with van der Waals surface area (Å²) in [6, 6.07) is 12.9. The summed E-state index contributed by atoms with van der Waals surface area (Å²) >= 11 is 1.26. The number of methoxy groups -OCH3 is 1. The number of ether oxygens (including phenoxy) is 4. The molecule has 1 unspecified atom stereocenters. The van der Waals surface area contributed by atoms with Crippen LogP contribution >= 0.6 is 11.3 Å². The van der Waals surface area contributed by atoms with E-state index < -0.39 is 6.10 Å². The molecule has 0 N–H and O–H groups in total. The van der Waals surface area contributed by atoms with Crippen molar-refractivity contribution in [2.24, 2.45) is 0 Å². The summed E-state index contributed by atoms with van der Waals surface area (Å²) in [4.78, 5) is 17.9. The molecule has 0 bridgehead atoms. The Kier molecular flexibility index (Phi) is 5.24. The molecule has 0 radical (unpaired) electrons. The lowest BCUT2D eigenvalue weighted by molar-refractivity contribution is 0.0852. The van der Waals surface area contributed by atoms with Crippen molar-refractivity contribution >= 4 is 22.4 Å². The van der Waals surface area contributed by atoms with Crippen LogP contribution in [0.4, 0.5) is 0 Å². The van der Waals surface area contributed by atoms with E-state index in [0.29, 0.717) is 44.9 Å². The molecule has 0 fully saturated rings. The van der Waals surface area contributed by atoms with Gasteiger partial charge < -0.3 is 18.9 Å². The van der Waals surface area contributed by atoms with Crippen molar-refractivity contribution < 1.29 is 18.9 Å². The topological polar surface area (TPSA) is 84.2 Å². The van der Waals surface area contributed by atoms with E-state index in [0.717, 1.165) is 5.56 Å². The Labute approximate surface area is 186 Å². The number of para-hydroxylation sites is 2. The molecule has 3 heterocycles. The lowest BCUT2D eigenvalue weighted by atomic mass is 10.2. The molecule has 1 aliphatic heterocycles. The minimum absolute atomic E-state index is 0.244. The Morgan fingerprint density at radius 2 is 2.09 bits per heavy atom. The summed E-state index contributed by atoms with van der Waals surface area (Å²) in [6.45, 7) is 4.30. The third-order valence-electron chi connectivity index (χ3n) is 4.84. The van der Waals surface area contributed by atoms with Crippen molar-refractivity contribution in [2.75, 3.05) is 20.3 Å². The summed E-state index contributed by atoms with van der Waals surface area (Å²) in [5.41, 5.74) is 0.557. The van der Waals surface area contributed by atoms with Gasteiger partial charge in [-0.2, -0.15) is 9.50 Å². The second kappa shape index (κ2) is 8.35. The Morgan fingerprint density at radius 3 is 2.88 bits per heavy atom. The van der Waals surface area contributed by atoms with E-state index in [-0.39, 0.29) is 12.2 Å². The van der Waals surface area contributed by atoms with Crippen molar-refractivity contribution in [2.45, 2.75) is 6.10 Å². The number of hydrogen-bond acceptors (Lipinski definition) is 8. The molecule has 32 heavy (non-hydrogen) atoms.